The van der Waals surface area contributed by atoms with Gasteiger partial charge in [0, 0.05) is 38.4 Å². The van der Waals surface area contributed by atoms with Crippen LogP contribution in [0, 0.1) is 6.92 Å². The largest absolute Gasteiger partial charge is 0.339 e. The number of nitrogens with zero attached hydrogens (tertiary/aromatic N) is 3. The maximum atomic E-state index is 12.7. The van der Waals surface area contributed by atoms with E-state index in [1.807, 2.05) is 49.2 Å². The van der Waals surface area contributed by atoms with Gasteiger partial charge in [0.15, 0.2) is 0 Å². The highest BCUT2D eigenvalue weighted by atomic mass is 16.2. The predicted octanol–water partition coefficient (Wildman–Crippen LogP) is 2.60. The number of amides is 2. The molecule has 6 nitrogen and oxygen atoms in total. The molecule has 2 aromatic carbocycles. The van der Waals surface area contributed by atoms with Crippen molar-refractivity contribution in [3.63, 3.8) is 0 Å². The molecule has 1 fully saturated rings. The monoisotopic (exact) mass is 408 g/mol. The summed E-state index contributed by atoms with van der Waals surface area (Å²) in [4.78, 5) is 31.3. The van der Waals surface area contributed by atoms with Crippen LogP contribution in [0.15, 0.2) is 54.6 Å². The van der Waals surface area contributed by atoms with Crippen molar-refractivity contribution in [3.8, 4) is 0 Å². The van der Waals surface area contributed by atoms with Crippen LogP contribution in [-0.4, -0.2) is 72.3 Å². The Bertz CT molecular complexity index is 847. The third-order valence-corrected chi connectivity index (χ3v) is 5.68. The van der Waals surface area contributed by atoms with Crippen LogP contribution in [0.2, 0.25) is 0 Å². The molecule has 6 heteroatoms. The van der Waals surface area contributed by atoms with E-state index in [-0.39, 0.29) is 18.4 Å². The van der Waals surface area contributed by atoms with Crippen LogP contribution in [0.5, 0.6) is 0 Å². The molecular weight excluding hydrogens is 376 g/mol. The Morgan fingerprint density at radius 2 is 1.73 bits per heavy atom. The molecule has 1 N–H and O–H groups in total. The lowest BCUT2D eigenvalue weighted by Gasteiger charge is -2.36. The molecule has 1 atom stereocenters. The summed E-state index contributed by atoms with van der Waals surface area (Å²) >= 11 is 0. The van der Waals surface area contributed by atoms with Crippen LogP contribution in [0.1, 0.15) is 18.1 Å². The predicted molar refractivity (Wildman–Crippen MR) is 120 cm³/mol. The summed E-state index contributed by atoms with van der Waals surface area (Å²) in [6.07, 6.45) is 0. The third kappa shape index (κ3) is 6.15. The maximum absolute atomic E-state index is 12.7. The van der Waals surface area contributed by atoms with E-state index in [4.69, 9.17) is 0 Å². The Balaban J connectivity index is 1.43. The van der Waals surface area contributed by atoms with Crippen molar-refractivity contribution in [1.82, 2.24) is 14.7 Å². The zero-order valence-electron chi connectivity index (χ0n) is 18.2. The van der Waals surface area contributed by atoms with Gasteiger partial charge in [-0.15, -0.1) is 0 Å². The number of piperazine rings is 1. The fourth-order valence-electron chi connectivity index (χ4n) is 3.64. The smallest absolute Gasteiger partial charge is 0.241 e. The van der Waals surface area contributed by atoms with E-state index < -0.39 is 6.04 Å². The number of para-hydroxylation sites is 1. The maximum Gasteiger partial charge on any atom is 0.241 e. The van der Waals surface area contributed by atoms with Crippen molar-refractivity contribution in [2.45, 2.75) is 26.4 Å². The summed E-state index contributed by atoms with van der Waals surface area (Å²) in [6, 6.07) is 17.6. The lowest BCUT2D eigenvalue weighted by atomic mass is 10.1. The molecule has 0 saturated carbocycles. The van der Waals surface area contributed by atoms with Crippen LogP contribution >= 0.6 is 0 Å². The summed E-state index contributed by atoms with van der Waals surface area (Å²) < 4.78 is 0. The fraction of sp³-hybridized carbons (Fsp3) is 0.417. The van der Waals surface area contributed by atoms with Gasteiger partial charge in [0.2, 0.25) is 11.8 Å². The van der Waals surface area contributed by atoms with Crippen molar-refractivity contribution in [2.75, 3.05) is 45.1 Å². The van der Waals surface area contributed by atoms with Gasteiger partial charge in [0.05, 0.1) is 12.6 Å². The molecule has 0 bridgehead atoms. The number of carbonyl (C=O) groups excluding carboxylic acids is 2. The second-order valence-corrected chi connectivity index (χ2v) is 8.09. The molecule has 30 heavy (non-hydrogen) atoms. The number of nitrogens with one attached hydrogen (secondary N) is 1. The number of carbonyl (C=O) groups is 2. The van der Waals surface area contributed by atoms with Crippen LogP contribution < -0.4 is 5.32 Å². The van der Waals surface area contributed by atoms with Crippen molar-refractivity contribution < 1.29 is 9.59 Å². The number of hydrogen-bond donors (Lipinski definition) is 1. The zero-order chi connectivity index (χ0) is 21.5. The van der Waals surface area contributed by atoms with Crippen molar-refractivity contribution in [1.29, 1.82) is 0 Å². The van der Waals surface area contributed by atoms with Gasteiger partial charge in [-0.05, 0) is 38.6 Å². The van der Waals surface area contributed by atoms with Gasteiger partial charge in [-0.3, -0.25) is 19.4 Å². The Kier molecular flexibility index (Phi) is 7.60. The van der Waals surface area contributed by atoms with E-state index in [1.165, 1.54) is 11.1 Å². The number of hydrogen-bond acceptors (Lipinski definition) is 4. The zero-order valence-corrected chi connectivity index (χ0v) is 18.2. The Morgan fingerprint density at radius 3 is 2.40 bits per heavy atom. The average Bonchev–Trinajstić information content (AvgIpc) is 2.74. The van der Waals surface area contributed by atoms with E-state index >= 15 is 0 Å². The molecule has 1 aliphatic rings. The molecule has 1 heterocycles. The molecule has 0 spiro atoms. The van der Waals surface area contributed by atoms with E-state index in [2.05, 4.69) is 41.4 Å². The quantitative estimate of drug-likeness (QED) is 0.765. The first kappa shape index (κ1) is 22.0. The number of benzene rings is 2. The molecule has 0 unspecified atom stereocenters. The van der Waals surface area contributed by atoms with Gasteiger partial charge in [0.25, 0.3) is 0 Å². The molecule has 0 aromatic heterocycles. The summed E-state index contributed by atoms with van der Waals surface area (Å²) in [5.74, 6) is -0.0356. The molecule has 160 valence electrons. The van der Waals surface area contributed by atoms with Gasteiger partial charge < -0.3 is 10.2 Å². The lowest BCUT2D eigenvalue weighted by molar-refractivity contribution is -0.135. The minimum atomic E-state index is -0.392. The van der Waals surface area contributed by atoms with Crippen LogP contribution in [-0.2, 0) is 16.1 Å². The van der Waals surface area contributed by atoms with Gasteiger partial charge >= 0.3 is 0 Å². The molecular formula is C24H32N4O2. The highest BCUT2D eigenvalue weighted by molar-refractivity contribution is 5.94. The summed E-state index contributed by atoms with van der Waals surface area (Å²) in [5.41, 5.74) is 3.35. The molecule has 0 aliphatic carbocycles. The molecule has 0 radical (unpaired) electrons. The van der Waals surface area contributed by atoms with E-state index in [0.29, 0.717) is 0 Å². The van der Waals surface area contributed by atoms with Gasteiger partial charge in [0.1, 0.15) is 0 Å². The van der Waals surface area contributed by atoms with E-state index in [0.717, 1.165) is 38.4 Å². The Morgan fingerprint density at radius 1 is 1.03 bits per heavy atom. The van der Waals surface area contributed by atoms with E-state index in [9.17, 15) is 9.59 Å². The van der Waals surface area contributed by atoms with Crippen LogP contribution in [0.3, 0.4) is 0 Å². The number of likely N-dealkylation sites (N-methyl/N-ethyl adjacent to an activating group) is 1. The number of rotatable bonds is 7. The van der Waals surface area contributed by atoms with Crippen molar-refractivity contribution in [3.05, 3.63) is 65.7 Å². The summed E-state index contributed by atoms with van der Waals surface area (Å²) in [5, 5.41) is 2.90. The van der Waals surface area contributed by atoms with E-state index in [1.54, 1.807) is 4.90 Å². The fourth-order valence-corrected chi connectivity index (χ4v) is 3.64. The molecule has 2 amide bonds. The minimum absolute atomic E-state index is 0.0760. The topological polar surface area (TPSA) is 55.9 Å². The highest BCUT2D eigenvalue weighted by Gasteiger charge is 2.25. The van der Waals surface area contributed by atoms with Gasteiger partial charge in [-0.1, -0.05) is 48.0 Å². The second-order valence-electron chi connectivity index (χ2n) is 8.09. The summed E-state index contributed by atoms with van der Waals surface area (Å²) in [6.45, 7) is 8.28. The SMILES string of the molecule is Cc1cccc(CN2CCN(C(=O)CN(C)[C@@H](C)C(=O)Nc3ccccc3)CC2)c1. The first-order valence-electron chi connectivity index (χ1n) is 10.5. The Labute approximate surface area is 179 Å². The lowest BCUT2D eigenvalue weighted by Crippen LogP contribution is -2.52. The summed E-state index contributed by atoms with van der Waals surface area (Å²) in [7, 11) is 1.82. The molecule has 1 saturated heterocycles. The normalized spacial score (nSPS) is 15.8. The van der Waals surface area contributed by atoms with Crippen molar-refractivity contribution in [2.24, 2.45) is 0 Å². The first-order chi connectivity index (χ1) is 14.4. The van der Waals surface area contributed by atoms with Crippen molar-refractivity contribution >= 4 is 17.5 Å². The van der Waals surface area contributed by atoms with Crippen LogP contribution in [0.25, 0.3) is 0 Å². The second kappa shape index (κ2) is 10.4. The van der Waals surface area contributed by atoms with Gasteiger partial charge in [-0.2, -0.15) is 0 Å². The average molecular weight is 409 g/mol. The van der Waals surface area contributed by atoms with Gasteiger partial charge in [-0.25, -0.2) is 0 Å². The standard InChI is InChI=1S/C24H32N4O2/c1-19-8-7-9-21(16-19)17-27-12-14-28(15-13-27)23(29)18-26(3)20(2)24(30)25-22-10-5-4-6-11-22/h4-11,16,20H,12-15,17-18H2,1-3H3,(H,25,30)/t20-/m0/s1. The number of aryl methyl sites for hydroxylation is 1. The van der Waals surface area contributed by atoms with Crippen LogP contribution in [0.4, 0.5) is 5.69 Å². The molecule has 2 aromatic rings. The minimum Gasteiger partial charge on any atom is -0.339 e. The number of anilines is 1. The molecule has 3 rings (SSSR count). The molecule has 1 aliphatic heterocycles. The first-order valence-corrected chi connectivity index (χ1v) is 10.5. The third-order valence-electron chi connectivity index (χ3n) is 5.68. The highest BCUT2D eigenvalue weighted by Crippen LogP contribution is 2.12. The Hall–Kier alpha value is -2.70.